The molecule has 0 aliphatic heterocycles. The quantitative estimate of drug-likeness (QED) is 0.828. The maximum Gasteiger partial charge on any atom is 0.252 e. The van der Waals surface area contributed by atoms with Crippen molar-refractivity contribution in [3.05, 3.63) is 34.3 Å². The topological polar surface area (TPSA) is 29.1 Å². The Labute approximate surface area is 124 Å². The third-order valence-corrected chi connectivity index (χ3v) is 4.64. The molecule has 0 saturated heterocycles. The van der Waals surface area contributed by atoms with Crippen molar-refractivity contribution in [2.24, 2.45) is 0 Å². The molecule has 2 rings (SSSR count). The van der Waals surface area contributed by atoms with Crippen LogP contribution in [0.25, 0.3) is 0 Å². The van der Waals surface area contributed by atoms with E-state index in [1.54, 1.807) is 12.1 Å². The van der Waals surface area contributed by atoms with E-state index in [2.05, 4.69) is 5.32 Å². The Morgan fingerprint density at radius 2 is 2.00 bits per heavy atom. The number of aryl methyl sites for hydroxylation is 1. The second-order valence-electron chi connectivity index (χ2n) is 5.39. The zero-order valence-electron chi connectivity index (χ0n) is 11.1. The van der Waals surface area contributed by atoms with Gasteiger partial charge in [-0.3, -0.25) is 4.79 Å². The summed E-state index contributed by atoms with van der Waals surface area (Å²) in [7, 11) is 0. The number of carbonyl (C=O) groups excluding carboxylic acids is 1. The fourth-order valence-electron chi connectivity index (χ4n) is 2.67. The van der Waals surface area contributed by atoms with Crippen molar-refractivity contribution < 1.29 is 4.79 Å². The SMILES string of the molecule is Cc1ccc(Cl)cc1C(=O)NC1(CCl)CCCCC1. The van der Waals surface area contributed by atoms with Gasteiger partial charge in [-0.25, -0.2) is 0 Å². The van der Waals surface area contributed by atoms with Gasteiger partial charge >= 0.3 is 0 Å². The molecule has 2 nitrogen and oxygen atoms in total. The highest BCUT2D eigenvalue weighted by Gasteiger charge is 2.33. The van der Waals surface area contributed by atoms with E-state index in [0.717, 1.165) is 31.2 Å². The van der Waals surface area contributed by atoms with Gasteiger partial charge in [-0.05, 0) is 37.5 Å². The Morgan fingerprint density at radius 3 is 2.63 bits per heavy atom. The van der Waals surface area contributed by atoms with Crippen molar-refractivity contribution in [1.82, 2.24) is 5.32 Å². The average Bonchev–Trinajstić information content (AvgIpc) is 2.42. The highest BCUT2D eigenvalue weighted by Crippen LogP contribution is 2.30. The first-order valence-corrected chi connectivity index (χ1v) is 7.62. The summed E-state index contributed by atoms with van der Waals surface area (Å²) in [5.74, 6) is 0.404. The second-order valence-corrected chi connectivity index (χ2v) is 6.09. The second kappa shape index (κ2) is 6.15. The van der Waals surface area contributed by atoms with E-state index in [-0.39, 0.29) is 11.4 Å². The standard InChI is InChI=1S/C15H19Cl2NO/c1-11-5-6-12(17)9-13(11)14(19)18-15(10-16)7-3-2-4-8-15/h5-6,9H,2-4,7-8,10H2,1H3,(H,18,19). The Morgan fingerprint density at radius 1 is 1.32 bits per heavy atom. The van der Waals surface area contributed by atoms with Gasteiger partial charge in [-0.15, -0.1) is 11.6 Å². The van der Waals surface area contributed by atoms with Crippen molar-refractivity contribution in [2.75, 3.05) is 5.88 Å². The maximum absolute atomic E-state index is 12.4. The Balaban J connectivity index is 2.17. The van der Waals surface area contributed by atoms with Crippen LogP contribution >= 0.6 is 23.2 Å². The number of hydrogen-bond acceptors (Lipinski definition) is 1. The van der Waals surface area contributed by atoms with E-state index in [1.165, 1.54) is 6.42 Å². The van der Waals surface area contributed by atoms with Gasteiger partial charge < -0.3 is 5.32 Å². The monoisotopic (exact) mass is 299 g/mol. The summed E-state index contributed by atoms with van der Waals surface area (Å²) in [5.41, 5.74) is 1.33. The number of amides is 1. The van der Waals surface area contributed by atoms with Gasteiger partial charge in [0.2, 0.25) is 0 Å². The first-order valence-electron chi connectivity index (χ1n) is 6.71. The predicted molar refractivity (Wildman–Crippen MR) is 80.2 cm³/mol. The van der Waals surface area contributed by atoms with Gasteiger partial charge in [0.05, 0.1) is 5.54 Å². The number of hydrogen-bond donors (Lipinski definition) is 1. The minimum atomic E-state index is -0.244. The number of nitrogens with one attached hydrogen (secondary N) is 1. The molecule has 0 spiro atoms. The average molecular weight is 300 g/mol. The van der Waals surface area contributed by atoms with Crippen LogP contribution in [0.15, 0.2) is 18.2 Å². The molecule has 104 valence electrons. The highest BCUT2D eigenvalue weighted by molar-refractivity contribution is 6.31. The molecule has 1 aromatic carbocycles. The Kier molecular flexibility index (Phi) is 4.75. The Hall–Kier alpha value is -0.730. The molecule has 0 atom stereocenters. The van der Waals surface area contributed by atoms with Crippen molar-refractivity contribution >= 4 is 29.1 Å². The number of halogens is 2. The lowest BCUT2D eigenvalue weighted by atomic mass is 9.83. The van der Waals surface area contributed by atoms with Crippen molar-refractivity contribution in [3.63, 3.8) is 0 Å². The third-order valence-electron chi connectivity index (χ3n) is 3.89. The molecule has 0 radical (unpaired) electrons. The minimum absolute atomic E-state index is 0.0671. The minimum Gasteiger partial charge on any atom is -0.345 e. The molecule has 1 aliphatic carbocycles. The van der Waals surface area contributed by atoms with Crippen LogP contribution in [0.4, 0.5) is 0 Å². The van der Waals surface area contributed by atoms with Crippen LogP contribution < -0.4 is 5.32 Å². The number of alkyl halides is 1. The molecule has 0 aromatic heterocycles. The molecule has 1 amide bonds. The van der Waals surface area contributed by atoms with Gasteiger partial charge in [-0.1, -0.05) is 36.9 Å². The van der Waals surface area contributed by atoms with Crippen molar-refractivity contribution in [1.29, 1.82) is 0 Å². The molecule has 1 saturated carbocycles. The van der Waals surface area contributed by atoms with Crippen LogP contribution in [0.2, 0.25) is 5.02 Å². The summed E-state index contributed by atoms with van der Waals surface area (Å²) in [6, 6.07) is 5.38. The van der Waals surface area contributed by atoms with Crippen LogP contribution in [-0.2, 0) is 0 Å². The van der Waals surface area contributed by atoms with Crippen molar-refractivity contribution in [3.8, 4) is 0 Å². The van der Waals surface area contributed by atoms with Gasteiger partial charge in [0.1, 0.15) is 0 Å². The van der Waals surface area contributed by atoms with Gasteiger partial charge in [0, 0.05) is 16.5 Å². The summed E-state index contributed by atoms with van der Waals surface area (Å²) in [6.45, 7) is 1.92. The summed E-state index contributed by atoms with van der Waals surface area (Å²) < 4.78 is 0. The summed E-state index contributed by atoms with van der Waals surface area (Å²) in [4.78, 5) is 12.4. The first kappa shape index (κ1) is 14.7. The van der Waals surface area contributed by atoms with Gasteiger partial charge in [0.15, 0.2) is 0 Å². The van der Waals surface area contributed by atoms with Crippen LogP contribution in [0.5, 0.6) is 0 Å². The van der Waals surface area contributed by atoms with E-state index >= 15 is 0 Å². The third kappa shape index (κ3) is 3.43. The predicted octanol–water partition coefficient (Wildman–Crippen LogP) is 4.32. The first-order chi connectivity index (χ1) is 9.06. The molecule has 1 aromatic rings. The lowest BCUT2D eigenvalue weighted by molar-refractivity contribution is 0.0884. The van der Waals surface area contributed by atoms with E-state index in [4.69, 9.17) is 23.2 Å². The van der Waals surface area contributed by atoms with E-state index in [9.17, 15) is 4.79 Å². The lowest BCUT2D eigenvalue weighted by Gasteiger charge is -2.36. The fourth-order valence-corrected chi connectivity index (χ4v) is 3.17. The maximum atomic E-state index is 12.4. The molecule has 0 bridgehead atoms. The molecular weight excluding hydrogens is 281 g/mol. The Bertz CT molecular complexity index is 467. The number of benzene rings is 1. The lowest BCUT2D eigenvalue weighted by Crippen LogP contribution is -2.51. The number of rotatable bonds is 3. The molecule has 1 N–H and O–H groups in total. The zero-order chi connectivity index (χ0) is 13.9. The molecular formula is C15H19Cl2NO. The van der Waals surface area contributed by atoms with E-state index in [1.807, 2.05) is 13.0 Å². The molecule has 1 fully saturated rings. The smallest absolute Gasteiger partial charge is 0.252 e. The van der Waals surface area contributed by atoms with Gasteiger partial charge in [-0.2, -0.15) is 0 Å². The largest absolute Gasteiger partial charge is 0.345 e. The van der Waals surface area contributed by atoms with Crippen LogP contribution in [0.3, 0.4) is 0 Å². The van der Waals surface area contributed by atoms with E-state index < -0.39 is 0 Å². The molecule has 1 aliphatic rings. The zero-order valence-corrected chi connectivity index (χ0v) is 12.7. The summed E-state index contributed by atoms with van der Waals surface area (Å²) in [6.07, 6.45) is 5.40. The van der Waals surface area contributed by atoms with E-state index in [0.29, 0.717) is 16.5 Å². The van der Waals surface area contributed by atoms with Crippen LogP contribution in [0.1, 0.15) is 48.0 Å². The molecule has 19 heavy (non-hydrogen) atoms. The van der Waals surface area contributed by atoms with Gasteiger partial charge in [0.25, 0.3) is 5.91 Å². The molecule has 0 heterocycles. The summed E-state index contributed by atoms with van der Waals surface area (Å²) in [5, 5.41) is 3.72. The molecule has 0 unspecified atom stereocenters. The highest BCUT2D eigenvalue weighted by atomic mass is 35.5. The normalized spacial score (nSPS) is 18.1. The van der Waals surface area contributed by atoms with Crippen molar-refractivity contribution in [2.45, 2.75) is 44.6 Å². The van der Waals surface area contributed by atoms with Crippen LogP contribution in [0, 0.1) is 6.92 Å². The fraction of sp³-hybridized carbons (Fsp3) is 0.533. The number of carbonyl (C=O) groups is 1. The van der Waals surface area contributed by atoms with Crippen LogP contribution in [-0.4, -0.2) is 17.3 Å². The summed E-state index contributed by atoms with van der Waals surface area (Å²) >= 11 is 12.1. The molecule has 4 heteroatoms.